The van der Waals surface area contributed by atoms with Crippen molar-refractivity contribution in [2.75, 3.05) is 20.0 Å². The van der Waals surface area contributed by atoms with Gasteiger partial charge in [0, 0.05) is 0 Å². The van der Waals surface area contributed by atoms with Gasteiger partial charge in [0.25, 0.3) is 0 Å². The molecule has 0 spiro atoms. The second kappa shape index (κ2) is 5.95. The number of aliphatic hydroxyl groups excluding tert-OH is 1. The van der Waals surface area contributed by atoms with Crippen LogP contribution in [0.15, 0.2) is 24.3 Å². The molecule has 1 aromatic rings. The zero-order valence-electron chi connectivity index (χ0n) is 10.2. The molecule has 18 heavy (non-hydrogen) atoms. The monoisotopic (exact) mass is 252 g/mol. The van der Waals surface area contributed by atoms with Crippen LogP contribution in [0.1, 0.15) is 30.3 Å². The van der Waals surface area contributed by atoms with E-state index in [-0.39, 0.29) is 12.7 Å². The van der Waals surface area contributed by atoms with Gasteiger partial charge in [-0.15, -0.1) is 0 Å². The van der Waals surface area contributed by atoms with Gasteiger partial charge < -0.3 is 19.3 Å². The molecular weight excluding hydrogens is 236 g/mol. The van der Waals surface area contributed by atoms with E-state index in [2.05, 4.69) is 0 Å². The van der Waals surface area contributed by atoms with Gasteiger partial charge in [0.1, 0.15) is 12.9 Å². The fourth-order valence-electron chi connectivity index (χ4n) is 1.78. The van der Waals surface area contributed by atoms with Crippen molar-refractivity contribution in [1.82, 2.24) is 0 Å². The van der Waals surface area contributed by atoms with E-state index in [0.717, 1.165) is 5.56 Å². The number of carbonyl (C=O) groups is 1. The predicted octanol–water partition coefficient (Wildman–Crippen LogP) is 1.33. The zero-order chi connectivity index (χ0) is 13.0. The van der Waals surface area contributed by atoms with Crippen molar-refractivity contribution in [2.24, 2.45) is 0 Å². The molecule has 1 aliphatic rings. The Morgan fingerprint density at radius 3 is 2.78 bits per heavy atom. The first-order valence-electron chi connectivity index (χ1n) is 5.86. The quantitative estimate of drug-likeness (QED) is 0.819. The summed E-state index contributed by atoms with van der Waals surface area (Å²) in [6, 6.07) is 7.02. The van der Waals surface area contributed by atoms with Crippen LogP contribution in [0, 0.1) is 0 Å². The van der Waals surface area contributed by atoms with E-state index in [9.17, 15) is 9.90 Å². The molecule has 2 unspecified atom stereocenters. The molecule has 0 amide bonds. The summed E-state index contributed by atoms with van der Waals surface area (Å²) in [5, 5.41) is 9.75. The van der Waals surface area contributed by atoms with Crippen LogP contribution in [0.5, 0.6) is 0 Å². The molecule has 0 saturated carbocycles. The second-order valence-corrected chi connectivity index (χ2v) is 3.97. The van der Waals surface area contributed by atoms with E-state index in [1.54, 1.807) is 19.1 Å². The number of carbonyl (C=O) groups excluding carboxylic acids is 1. The molecule has 1 heterocycles. The van der Waals surface area contributed by atoms with Gasteiger partial charge in [-0.05, 0) is 18.1 Å². The fourth-order valence-corrected chi connectivity index (χ4v) is 1.78. The molecule has 1 fully saturated rings. The number of hydrogen-bond donors (Lipinski definition) is 1. The topological polar surface area (TPSA) is 65.0 Å². The molecule has 2 rings (SSSR count). The van der Waals surface area contributed by atoms with Gasteiger partial charge in [-0.3, -0.25) is 0 Å². The van der Waals surface area contributed by atoms with Crippen molar-refractivity contribution in [2.45, 2.75) is 19.1 Å². The summed E-state index contributed by atoms with van der Waals surface area (Å²) in [5.41, 5.74) is 1.48. The predicted molar refractivity (Wildman–Crippen MR) is 62.7 cm³/mol. The molecule has 5 nitrogen and oxygen atoms in total. The van der Waals surface area contributed by atoms with Crippen molar-refractivity contribution in [3.05, 3.63) is 35.4 Å². The van der Waals surface area contributed by atoms with E-state index >= 15 is 0 Å². The average molecular weight is 252 g/mol. The van der Waals surface area contributed by atoms with Crippen molar-refractivity contribution < 1.29 is 24.1 Å². The van der Waals surface area contributed by atoms with E-state index < -0.39 is 12.1 Å². The van der Waals surface area contributed by atoms with Crippen molar-refractivity contribution in [3.8, 4) is 0 Å². The molecule has 1 N–H and O–H groups in total. The first kappa shape index (κ1) is 13.0. The van der Waals surface area contributed by atoms with Gasteiger partial charge in [0.15, 0.2) is 6.10 Å². The summed E-state index contributed by atoms with van der Waals surface area (Å²) in [6.45, 7) is 2.78. The third-order valence-electron chi connectivity index (χ3n) is 2.76. The van der Waals surface area contributed by atoms with Crippen LogP contribution >= 0.6 is 0 Å². The number of esters is 1. The summed E-state index contributed by atoms with van der Waals surface area (Å²) >= 11 is 0. The SMILES string of the molecule is CCOC(=O)C(O)c1ccc(C2COCO2)cc1. The lowest BCUT2D eigenvalue weighted by Crippen LogP contribution is -2.15. The maximum atomic E-state index is 11.4. The molecule has 98 valence electrons. The summed E-state index contributed by atoms with van der Waals surface area (Å²) in [6.07, 6.45) is -1.31. The van der Waals surface area contributed by atoms with E-state index in [0.29, 0.717) is 19.0 Å². The highest BCUT2D eigenvalue weighted by Gasteiger charge is 2.21. The summed E-state index contributed by atoms with van der Waals surface area (Å²) in [7, 11) is 0. The number of ether oxygens (including phenoxy) is 3. The Hall–Kier alpha value is -1.43. The molecule has 1 aliphatic heterocycles. The van der Waals surface area contributed by atoms with Gasteiger partial charge in [-0.2, -0.15) is 0 Å². The first-order valence-corrected chi connectivity index (χ1v) is 5.86. The summed E-state index contributed by atoms with van der Waals surface area (Å²) < 4.78 is 15.2. The lowest BCUT2D eigenvalue weighted by Gasteiger charge is -2.12. The van der Waals surface area contributed by atoms with Crippen LogP contribution in [-0.4, -0.2) is 31.1 Å². The van der Waals surface area contributed by atoms with Crippen LogP contribution in [0.2, 0.25) is 0 Å². The largest absolute Gasteiger partial charge is 0.464 e. The van der Waals surface area contributed by atoms with Crippen molar-refractivity contribution in [1.29, 1.82) is 0 Å². The molecule has 1 saturated heterocycles. The van der Waals surface area contributed by atoms with Gasteiger partial charge in [-0.25, -0.2) is 4.79 Å². The second-order valence-electron chi connectivity index (χ2n) is 3.97. The summed E-state index contributed by atoms with van der Waals surface area (Å²) in [5.74, 6) is -0.634. The zero-order valence-corrected chi connectivity index (χ0v) is 10.2. The minimum absolute atomic E-state index is 0.0706. The Labute approximate surface area is 105 Å². The Morgan fingerprint density at radius 1 is 1.50 bits per heavy atom. The number of aliphatic hydroxyl groups is 1. The highest BCUT2D eigenvalue weighted by molar-refractivity contribution is 5.76. The van der Waals surface area contributed by atoms with Gasteiger partial charge in [0.05, 0.1) is 13.2 Å². The van der Waals surface area contributed by atoms with Crippen LogP contribution < -0.4 is 0 Å². The minimum atomic E-state index is -1.24. The van der Waals surface area contributed by atoms with E-state index in [4.69, 9.17) is 14.2 Å². The maximum absolute atomic E-state index is 11.4. The third-order valence-corrected chi connectivity index (χ3v) is 2.76. The number of hydrogen-bond acceptors (Lipinski definition) is 5. The lowest BCUT2D eigenvalue weighted by atomic mass is 10.0. The summed E-state index contributed by atoms with van der Waals surface area (Å²) in [4.78, 5) is 11.4. The van der Waals surface area contributed by atoms with Crippen LogP contribution in [-0.2, 0) is 19.0 Å². The first-order chi connectivity index (χ1) is 8.72. The van der Waals surface area contributed by atoms with E-state index in [1.165, 1.54) is 0 Å². The smallest absolute Gasteiger partial charge is 0.339 e. The van der Waals surface area contributed by atoms with Crippen LogP contribution in [0.4, 0.5) is 0 Å². The number of rotatable bonds is 4. The van der Waals surface area contributed by atoms with Crippen molar-refractivity contribution in [3.63, 3.8) is 0 Å². The van der Waals surface area contributed by atoms with Crippen LogP contribution in [0.3, 0.4) is 0 Å². The molecule has 1 aromatic carbocycles. The fraction of sp³-hybridized carbons (Fsp3) is 0.462. The third kappa shape index (κ3) is 2.87. The average Bonchev–Trinajstić information content (AvgIpc) is 2.92. The Bertz CT molecular complexity index is 394. The lowest BCUT2D eigenvalue weighted by molar-refractivity contribution is -0.153. The highest BCUT2D eigenvalue weighted by Crippen LogP contribution is 2.24. The molecule has 0 aromatic heterocycles. The molecule has 0 aliphatic carbocycles. The van der Waals surface area contributed by atoms with Gasteiger partial charge >= 0.3 is 5.97 Å². The minimum Gasteiger partial charge on any atom is -0.464 e. The van der Waals surface area contributed by atoms with E-state index in [1.807, 2.05) is 12.1 Å². The Kier molecular flexibility index (Phi) is 4.30. The standard InChI is InChI=1S/C13H16O5/c1-2-17-13(15)12(14)10-5-3-9(4-6-10)11-7-16-8-18-11/h3-6,11-12,14H,2,7-8H2,1H3. The van der Waals surface area contributed by atoms with Crippen molar-refractivity contribution >= 4 is 5.97 Å². The molecule has 0 radical (unpaired) electrons. The molecular formula is C13H16O5. The maximum Gasteiger partial charge on any atom is 0.339 e. The molecule has 5 heteroatoms. The molecule has 0 bridgehead atoms. The number of benzene rings is 1. The molecule has 2 atom stereocenters. The Balaban J connectivity index is 2.04. The van der Waals surface area contributed by atoms with Crippen LogP contribution in [0.25, 0.3) is 0 Å². The van der Waals surface area contributed by atoms with Gasteiger partial charge in [0.2, 0.25) is 0 Å². The highest BCUT2D eigenvalue weighted by atomic mass is 16.7. The Morgan fingerprint density at radius 2 is 2.22 bits per heavy atom. The van der Waals surface area contributed by atoms with Gasteiger partial charge in [-0.1, -0.05) is 24.3 Å². The normalized spacial score (nSPS) is 20.7.